The minimum Gasteiger partial charge on any atom is -0.462 e. The Hall–Kier alpha value is -2.15. The number of aliphatic hydroxyl groups is 2. The highest BCUT2D eigenvalue weighted by molar-refractivity contribution is 5.72. The lowest BCUT2D eigenvalue weighted by atomic mass is 9.80. The fraction of sp³-hybridized carbons (Fsp3) is 0.781. The molecule has 11 heteroatoms. The van der Waals surface area contributed by atoms with E-state index in [1.807, 2.05) is 18.2 Å². The second-order valence-electron chi connectivity index (χ2n) is 12.1. The normalized spacial score (nSPS) is 39.9. The Balaban J connectivity index is 2.63. The second kappa shape index (κ2) is 18.0. The van der Waals surface area contributed by atoms with Gasteiger partial charge in [-0.15, -0.1) is 0 Å². The molecule has 2 rings (SSSR count). The molecule has 43 heavy (non-hydrogen) atoms. The first-order valence-electron chi connectivity index (χ1n) is 15.4. The number of carbonyl (C=O) groups is 3. The lowest BCUT2D eigenvalue weighted by Crippen LogP contribution is -2.63. The first-order chi connectivity index (χ1) is 20.3. The minimum absolute atomic E-state index is 0.0672. The molecular formula is C32H53NO10. The molecule has 0 unspecified atom stereocenters. The van der Waals surface area contributed by atoms with Gasteiger partial charge in [-0.05, 0) is 52.1 Å². The molecule has 0 aromatic rings. The summed E-state index contributed by atoms with van der Waals surface area (Å²) in [6.45, 7) is 9.29. The number of hydrogen-bond donors (Lipinski definition) is 2. The van der Waals surface area contributed by atoms with Gasteiger partial charge in [-0.2, -0.15) is 0 Å². The van der Waals surface area contributed by atoms with E-state index in [9.17, 15) is 24.6 Å². The van der Waals surface area contributed by atoms with Crippen molar-refractivity contribution in [2.45, 2.75) is 122 Å². The largest absolute Gasteiger partial charge is 0.462 e. The Kier molecular flexibility index (Phi) is 15.5. The third-order valence-corrected chi connectivity index (χ3v) is 8.50. The third-order valence-electron chi connectivity index (χ3n) is 8.50. The van der Waals surface area contributed by atoms with E-state index < -0.39 is 72.9 Å². The van der Waals surface area contributed by atoms with Gasteiger partial charge < -0.3 is 43.6 Å². The smallest absolute Gasteiger partial charge is 0.309 e. The maximum absolute atomic E-state index is 13.1. The SMILES string of the molecule is CCC(=O)O[C@H]1CC(=O)O[C@H](C)C/C=C/C=C/[C@H](C)[C@H](C)C[C@H](CC=O)[C@@H](O[C@@H]2O[C@H](C)[C@@H](O)[C@@H](N(C)C)[C@H]2O)[C@@H]1OC. The summed E-state index contributed by atoms with van der Waals surface area (Å²) >= 11 is 0. The van der Waals surface area contributed by atoms with Crippen molar-refractivity contribution in [1.82, 2.24) is 4.90 Å². The van der Waals surface area contributed by atoms with Crippen molar-refractivity contribution in [2.75, 3.05) is 21.2 Å². The van der Waals surface area contributed by atoms with Crippen LogP contribution in [0, 0.1) is 17.8 Å². The van der Waals surface area contributed by atoms with Crippen molar-refractivity contribution in [3.8, 4) is 0 Å². The molecule has 11 nitrogen and oxygen atoms in total. The Labute approximate surface area is 256 Å². The molecule has 0 amide bonds. The van der Waals surface area contributed by atoms with Crippen LogP contribution in [0.15, 0.2) is 24.3 Å². The Morgan fingerprint density at radius 3 is 2.42 bits per heavy atom. The van der Waals surface area contributed by atoms with Gasteiger partial charge in [0.15, 0.2) is 6.29 Å². The number of likely N-dealkylation sites (N-methyl/N-ethyl adjacent to an activating group) is 1. The van der Waals surface area contributed by atoms with Crippen LogP contribution in [-0.4, -0.2) is 110 Å². The van der Waals surface area contributed by atoms with E-state index in [1.54, 1.807) is 39.8 Å². The fourth-order valence-corrected chi connectivity index (χ4v) is 5.77. The lowest BCUT2D eigenvalue weighted by molar-refractivity contribution is -0.309. The molecule has 0 aliphatic carbocycles. The zero-order valence-corrected chi connectivity index (χ0v) is 27.0. The Morgan fingerprint density at radius 1 is 1.12 bits per heavy atom. The zero-order valence-electron chi connectivity index (χ0n) is 27.0. The standard InChI is InChI=1S/C32H53NO10/c1-9-25(35)42-24-18-26(36)40-21(4)14-12-10-11-13-19(2)20(3)17-23(15-16-34)30(31(24)39-8)43-32-29(38)27(33(6)7)28(37)22(5)41-32/h10-13,16,19-24,27-32,37-38H,9,14-15,17-18H2,1-8H3/b12-10+,13-11+/t19-,20+,21+,22+,23-,24-,27+,28+,29+,30+,31+,32-/m0/s1. The van der Waals surface area contributed by atoms with E-state index in [1.165, 1.54) is 7.11 Å². The van der Waals surface area contributed by atoms with E-state index in [0.29, 0.717) is 12.8 Å². The zero-order chi connectivity index (χ0) is 32.3. The third kappa shape index (κ3) is 10.8. The van der Waals surface area contributed by atoms with Crippen molar-refractivity contribution in [3.63, 3.8) is 0 Å². The summed E-state index contributed by atoms with van der Waals surface area (Å²) in [7, 11) is 4.90. The molecule has 2 aliphatic rings. The average Bonchev–Trinajstić information content (AvgIpc) is 2.94. The number of hydrogen-bond acceptors (Lipinski definition) is 11. The number of carbonyl (C=O) groups excluding carboxylic acids is 3. The highest BCUT2D eigenvalue weighted by Gasteiger charge is 2.48. The predicted molar refractivity (Wildman–Crippen MR) is 160 cm³/mol. The summed E-state index contributed by atoms with van der Waals surface area (Å²) in [6.07, 6.45) is 1.93. The number of ether oxygens (including phenoxy) is 5. The molecule has 2 aliphatic heterocycles. The molecule has 0 bridgehead atoms. The van der Waals surface area contributed by atoms with E-state index in [4.69, 9.17) is 23.7 Å². The number of rotatable bonds is 8. The number of aldehydes is 1. The quantitative estimate of drug-likeness (QED) is 0.309. The number of aliphatic hydroxyl groups excluding tert-OH is 2. The molecule has 246 valence electrons. The van der Waals surface area contributed by atoms with Gasteiger partial charge in [-0.1, -0.05) is 45.1 Å². The molecule has 0 spiro atoms. The molecule has 2 N–H and O–H groups in total. The predicted octanol–water partition coefficient (Wildman–Crippen LogP) is 2.81. The minimum atomic E-state index is -1.26. The number of cyclic esters (lactones) is 1. The van der Waals surface area contributed by atoms with Crippen molar-refractivity contribution < 1.29 is 48.3 Å². The van der Waals surface area contributed by atoms with Crippen LogP contribution in [0.1, 0.15) is 66.7 Å². The first-order valence-corrected chi connectivity index (χ1v) is 15.4. The van der Waals surface area contributed by atoms with E-state index in [-0.39, 0.29) is 31.1 Å². The monoisotopic (exact) mass is 611 g/mol. The summed E-state index contributed by atoms with van der Waals surface area (Å²) in [5, 5.41) is 22.1. The molecule has 0 aromatic carbocycles. The van der Waals surface area contributed by atoms with Crippen molar-refractivity contribution in [3.05, 3.63) is 24.3 Å². The van der Waals surface area contributed by atoms with Gasteiger partial charge in [0.2, 0.25) is 0 Å². The lowest BCUT2D eigenvalue weighted by Gasteiger charge is -2.47. The fourth-order valence-electron chi connectivity index (χ4n) is 5.77. The summed E-state index contributed by atoms with van der Waals surface area (Å²) in [4.78, 5) is 39.4. The number of nitrogens with zero attached hydrogens (tertiary/aromatic N) is 1. The molecule has 0 saturated carbocycles. The molecule has 2 heterocycles. The number of allylic oxidation sites excluding steroid dienone is 3. The average molecular weight is 612 g/mol. The highest BCUT2D eigenvalue weighted by atomic mass is 16.7. The maximum atomic E-state index is 13.1. The van der Waals surface area contributed by atoms with Crippen molar-refractivity contribution in [2.24, 2.45) is 17.8 Å². The Bertz CT molecular complexity index is 939. The van der Waals surface area contributed by atoms with Gasteiger partial charge in [-0.3, -0.25) is 9.59 Å². The van der Waals surface area contributed by atoms with Gasteiger partial charge in [0.05, 0.1) is 30.8 Å². The van der Waals surface area contributed by atoms with Gasteiger partial charge in [0.1, 0.15) is 30.7 Å². The maximum Gasteiger partial charge on any atom is 0.309 e. The Morgan fingerprint density at radius 2 is 1.81 bits per heavy atom. The van der Waals surface area contributed by atoms with Crippen LogP contribution >= 0.6 is 0 Å². The van der Waals surface area contributed by atoms with Crippen LogP contribution in [0.25, 0.3) is 0 Å². The van der Waals surface area contributed by atoms with Crippen LogP contribution < -0.4 is 0 Å². The van der Waals surface area contributed by atoms with E-state index in [2.05, 4.69) is 19.9 Å². The molecule has 1 saturated heterocycles. The molecule has 0 aromatic heterocycles. The van der Waals surface area contributed by atoms with E-state index >= 15 is 0 Å². The van der Waals surface area contributed by atoms with Crippen LogP contribution in [0.2, 0.25) is 0 Å². The van der Waals surface area contributed by atoms with Crippen LogP contribution in [0.3, 0.4) is 0 Å². The van der Waals surface area contributed by atoms with Crippen molar-refractivity contribution in [1.29, 1.82) is 0 Å². The molecule has 0 radical (unpaired) electrons. The summed E-state index contributed by atoms with van der Waals surface area (Å²) < 4.78 is 29.8. The summed E-state index contributed by atoms with van der Waals surface area (Å²) in [6, 6.07) is -0.701. The highest BCUT2D eigenvalue weighted by Crippen LogP contribution is 2.34. The first kappa shape index (κ1) is 37.0. The summed E-state index contributed by atoms with van der Waals surface area (Å²) in [5.74, 6) is -1.35. The summed E-state index contributed by atoms with van der Waals surface area (Å²) in [5.41, 5.74) is 0. The van der Waals surface area contributed by atoms with Crippen LogP contribution in [0.4, 0.5) is 0 Å². The molecule has 12 atom stereocenters. The van der Waals surface area contributed by atoms with Gasteiger partial charge in [-0.25, -0.2) is 0 Å². The number of methoxy groups -OCH3 is 1. The van der Waals surface area contributed by atoms with E-state index in [0.717, 1.165) is 6.29 Å². The van der Waals surface area contributed by atoms with Gasteiger partial charge >= 0.3 is 11.9 Å². The number of esters is 2. The topological polar surface area (TPSA) is 141 Å². The van der Waals surface area contributed by atoms with Gasteiger partial charge in [0.25, 0.3) is 0 Å². The second-order valence-corrected chi connectivity index (χ2v) is 12.1. The van der Waals surface area contributed by atoms with Crippen LogP contribution in [-0.2, 0) is 38.1 Å². The molecular weight excluding hydrogens is 558 g/mol. The van der Waals surface area contributed by atoms with Crippen molar-refractivity contribution >= 4 is 18.2 Å². The molecule has 1 fully saturated rings. The van der Waals surface area contributed by atoms with Crippen LogP contribution in [0.5, 0.6) is 0 Å². The van der Waals surface area contributed by atoms with Gasteiger partial charge in [0, 0.05) is 26.4 Å².